The van der Waals surface area contributed by atoms with Crippen LogP contribution in [0.5, 0.6) is 0 Å². The molecule has 3 N–H and O–H groups in total. The van der Waals surface area contributed by atoms with Gasteiger partial charge in [-0.3, -0.25) is 0 Å². The van der Waals surface area contributed by atoms with Gasteiger partial charge >= 0.3 is 0 Å². The van der Waals surface area contributed by atoms with E-state index in [0.29, 0.717) is 11.6 Å². The Kier molecular flexibility index (Phi) is 4.76. The number of aromatic nitrogens is 2. The van der Waals surface area contributed by atoms with Gasteiger partial charge in [-0.2, -0.15) is 4.98 Å². The van der Waals surface area contributed by atoms with Crippen LogP contribution in [-0.4, -0.2) is 21.9 Å². The normalized spacial score (nSPS) is 12.6. The third-order valence-corrected chi connectivity index (χ3v) is 4.21. The Labute approximate surface area is 117 Å². The van der Waals surface area contributed by atoms with Gasteiger partial charge in [0.25, 0.3) is 0 Å². The molecule has 0 saturated carbocycles. The maximum atomic E-state index is 8.88. The van der Waals surface area contributed by atoms with Crippen LogP contribution in [0.2, 0.25) is 0 Å². The Morgan fingerprint density at radius 3 is 2.94 bits per heavy atom. The van der Waals surface area contributed by atoms with Crippen molar-refractivity contribution < 1.29 is 9.63 Å². The minimum atomic E-state index is -0.611. The molecule has 0 spiro atoms. The van der Waals surface area contributed by atoms with Crippen molar-refractivity contribution in [1.29, 1.82) is 0 Å². The fourth-order valence-electron chi connectivity index (χ4n) is 1.26. The van der Waals surface area contributed by atoms with E-state index in [-0.39, 0.29) is 12.5 Å². The smallest absolute Gasteiger partial charge is 0.245 e. The first-order valence-corrected chi connectivity index (χ1v) is 7.05. The molecule has 1 aromatic heterocycles. The van der Waals surface area contributed by atoms with Crippen molar-refractivity contribution >= 4 is 27.7 Å². The Bertz CT molecular complexity index is 520. The molecule has 1 unspecified atom stereocenters. The lowest BCUT2D eigenvalue weighted by molar-refractivity contribution is 0.236. The molecule has 1 atom stereocenters. The van der Waals surface area contributed by atoms with Gasteiger partial charge in [-0.1, -0.05) is 17.3 Å². The second-order valence-corrected chi connectivity index (χ2v) is 5.43. The Morgan fingerprint density at radius 2 is 2.22 bits per heavy atom. The molecule has 1 aromatic carbocycles. The molecule has 5 nitrogen and oxygen atoms in total. The number of thioether (sulfide) groups is 1. The highest BCUT2D eigenvalue weighted by atomic mass is 79.9. The van der Waals surface area contributed by atoms with Gasteiger partial charge in [-0.05, 0) is 28.1 Å². The van der Waals surface area contributed by atoms with E-state index in [1.165, 1.54) is 0 Å². The van der Waals surface area contributed by atoms with Gasteiger partial charge in [0, 0.05) is 9.37 Å². The summed E-state index contributed by atoms with van der Waals surface area (Å²) < 4.78 is 6.00. The molecule has 0 aliphatic rings. The number of benzene rings is 1. The predicted octanol–water partition coefficient (Wildman–Crippen LogP) is 2.12. The molecule has 0 aliphatic carbocycles. The van der Waals surface area contributed by atoms with Crippen LogP contribution in [0.4, 0.5) is 0 Å². The Morgan fingerprint density at radius 1 is 1.44 bits per heavy atom. The number of hydrogen-bond donors (Lipinski definition) is 2. The molecule has 2 rings (SSSR count). The van der Waals surface area contributed by atoms with Gasteiger partial charge in [-0.15, -0.1) is 11.8 Å². The molecule has 2 aromatic rings. The summed E-state index contributed by atoms with van der Waals surface area (Å²) in [6.45, 7) is -0.209. The van der Waals surface area contributed by atoms with E-state index in [1.807, 2.05) is 24.3 Å². The standard InChI is InChI=1S/C11H12BrN3O2S/c12-7-3-1-2-4-9(7)18-6-10-14-11(17-15-10)8(13)5-16/h1-4,8,16H,5-6,13H2. The highest BCUT2D eigenvalue weighted by molar-refractivity contribution is 9.10. The summed E-state index contributed by atoms with van der Waals surface area (Å²) in [5.74, 6) is 1.42. The average molecular weight is 330 g/mol. The number of aliphatic hydroxyl groups excluding tert-OH is 1. The first-order valence-electron chi connectivity index (χ1n) is 5.27. The van der Waals surface area contributed by atoms with Crippen molar-refractivity contribution in [2.45, 2.75) is 16.7 Å². The molecule has 18 heavy (non-hydrogen) atoms. The summed E-state index contributed by atoms with van der Waals surface area (Å²) in [5.41, 5.74) is 5.58. The number of aliphatic hydroxyl groups is 1. The second-order valence-electron chi connectivity index (χ2n) is 3.56. The summed E-state index contributed by atoms with van der Waals surface area (Å²) in [6, 6.07) is 7.30. The van der Waals surface area contributed by atoms with Crippen LogP contribution in [0.15, 0.2) is 38.2 Å². The Balaban J connectivity index is 1.98. The topological polar surface area (TPSA) is 85.2 Å². The molecule has 0 radical (unpaired) electrons. The number of hydrogen-bond acceptors (Lipinski definition) is 6. The van der Waals surface area contributed by atoms with Gasteiger partial charge in [-0.25, -0.2) is 0 Å². The van der Waals surface area contributed by atoms with Crippen LogP contribution < -0.4 is 5.73 Å². The molecule has 96 valence electrons. The number of nitrogens with zero attached hydrogens (tertiary/aromatic N) is 2. The van der Waals surface area contributed by atoms with Crippen LogP contribution in [-0.2, 0) is 5.75 Å². The molecule has 7 heteroatoms. The van der Waals surface area contributed by atoms with Gasteiger partial charge in [0.1, 0.15) is 6.04 Å². The lowest BCUT2D eigenvalue weighted by Crippen LogP contribution is -2.14. The van der Waals surface area contributed by atoms with Crippen molar-refractivity contribution in [3.05, 3.63) is 40.5 Å². The van der Waals surface area contributed by atoms with Gasteiger partial charge < -0.3 is 15.4 Å². The summed E-state index contributed by atoms with van der Waals surface area (Å²) in [4.78, 5) is 5.23. The van der Waals surface area contributed by atoms with Crippen molar-refractivity contribution in [1.82, 2.24) is 10.1 Å². The van der Waals surface area contributed by atoms with E-state index >= 15 is 0 Å². The predicted molar refractivity (Wildman–Crippen MR) is 72.0 cm³/mol. The van der Waals surface area contributed by atoms with Gasteiger partial charge in [0.15, 0.2) is 5.82 Å². The monoisotopic (exact) mass is 329 g/mol. The minimum Gasteiger partial charge on any atom is -0.394 e. The van der Waals surface area contributed by atoms with E-state index in [2.05, 4.69) is 26.1 Å². The average Bonchev–Trinajstić information content (AvgIpc) is 2.86. The maximum absolute atomic E-state index is 8.88. The number of halogens is 1. The zero-order valence-electron chi connectivity index (χ0n) is 9.41. The molecule has 0 bridgehead atoms. The third-order valence-electron chi connectivity index (χ3n) is 2.19. The molecular formula is C11H12BrN3O2S. The quantitative estimate of drug-likeness (QED) is 0.817. The zero-order valence-corrected chi connectivity index (χ0v) is 11.8. The molecule has 0 fully saturated rings. The van der Waals surface area contributed by atoms with Gasteiger partial charge in [0.2, 0.25) is 5.89 Å². The third kappa shape index (κ3) is 3.32. The minimum absolute atomic E-state index is 0.209. The molecule has 0 saturated heterocycles. The fraction of sp³-hybridized carbons (Fsp3) is 0.273. The van der Waals surface area contributed by atoms with Gasteiger partial charge in [0.05, 0.1) is 12.4 Å². The first kappa shape index (κ1) is 13.5. The lowest BCUT2D eigenvalue weighted by atomic mass is 10.3. The van der Waals surface area contributed by atoms with E-state index in [9.17, 15) is 0 Å². The largest absolute Gasteiger partial charge is 0.394 e. The SMILES string of the molecule is NC(CO)c1nc(CSc2ccccc2Br)no1. The van der Waals surface area contributed by atoms with Crippen LogP contribution in [0, 0.1) is 0 Å². The molecular weight excluding hydrogens is 318 g/mol. The highest BCUT2D eigenvalue weighted by Crippen LogP contribution is 2.29. The molecule has 0 amide bonds. The van der Waals surface area contributed by atoms with E-state index in [1.54, 1.807) is 11.8 Å². The lowest BCUT2D eigenvalue weighted by Gasteiger charge is -2.01. The van der Waals surface area contributed by atoms with E-state index in [4.69, 9.17) is 15.4 Å². The zero-order chi connectivity index (χ0) is 13.0. The number of nitrogens with two attached hydrogens (primary N) is 1. The molecule has 1 heterocycles. The van der Waals surface area contributed by atoms with Crippen LogP contribution in [0.3, 0.4) is 0 Å². The summed E-state index contributed by atoms with van der Waals surface area (Å²) in [5, 5.41) is 12.7. The van der Waals surface area contributed by atoms with Crippen molar-refractivity contribution in [2.24, 2.45) is 5.73 Å². The summed E-state index contributed by atoms with van der Waals surface area (Å²) in [7, 11) is 0. The van der Waals surface area contributed by atoms with Crippen molar-refractivity contribution in [3.63, 3.8) is 0 Å². The van der Waals surface area contributed by atoms with Crippen LogP contribution in [0.25, 0.3) is 0 Å². The van der Waals surface area contributed by atoms with E-state index < -0.39 is 6.04 Å². The van der Waals surface area contributed by atoms with Crippen LogP contribution in [0.1, 0.15) is 17.8 Å². The Hall–Kier alpha value is -0.890. The number of rotatable bonds is 5. The second kappa shape index (κ2) is 6.33. The molecule has 0 aliphatic heterocycles. The maximum Gasteiger partial charge on any atom is 0.245 e. The van der Waals surface area contributed by atoms with Crippen LogP contribution >= 0.6 is 27.7 Å². The fourth-order valence-corrected chi connectivity index (χ4v) is 2.67. The summed E-state index contributed by atoms with van der Waals surface area (Å²) in [6.07, 6.45) is 0. The van der Waals surface area contributed by atoms with Crippen molar-refractivity contribution in [3.8, 4) is 0 Å². The summed E-state index contributed by atoms with van der Waals surface area (Å²) >= 11 is 5.07. The highest BCUT2D eigenvalue weighted by Gasteiger charge is 2.13. The van der Waals surface area contributed by atoms with Crippen molar-refractivity contribution in [2.75, 3.05) is 6.61 Å². The first-order chi connectivity index (χ1) is 8.70. The van der Waals surface area contributed by atoms with E-state index in [0.717, 1.165) is 9.37 Å².